The van der Waals surface area contributed by atoms with Crippen molar-refractivity contribution in [2.75, 3.05) is 55.8 Å². The van der Waals surface area contributed by atoms with Crippen molar-refractivity contribution in [2.24, 2.45) is 0 Å². The molecule has 22 heavy (non-hydrogen) atoms. The van der Waals surface area contributed by atoms with Crippen LogP contribution in [0.4, 0.5) is 23.0 Å². The summed E-state index contributed by atoms with van der Waals surface area (Å²) in [5, 5.41) is 6.31. The molecule has 2 aromatic rings. The van der Waals surface area contributed by atoms with E-state index in [9.17, 15) is 0 Å². The maximum atomic E-state index is 4.23. The highest BCUT2D eigenvalue weighted by atomic mass is 15.2. The van der Waals surface area contributed by atoms with E-state index in [-0.39, 0.29) is 0 Å². The van der Waals surface area contributed by atoms with E-state index in [1.807, 2.05) is 13.1 Å². The molecule has 0 spiro atoms. The minimum Gasteiger partial charge on any atom is -0.373 e. The summed E-state index contributed by atoms with van der Waals surface area (Å²) in [6.45, 7) is 4.41. The molecule has 0 aliphatic carbocycles. The largest absolute Gasteiger partial charge is 0.373 e. The van der Waals surface area contributed by atoms with E-state index in [0.717, 1.165) is 43.5 Å². The zero-order valence-electron chi connectivity index (χ0n) is 13.1. The lowest BCUT2D eigenvalue weighted by molar-refractivity contribution is 0.313. The van der Waals surface area contributed by atoms with Gasteiger partial charge in [-0.15, -0.1) is 0 Å². The molecule has 6 heteroatoms. The molecule has 1 aliphatic rings. The Hall–Kier alpha value is -2.34. The molecule has 1 aromatic heterocycles. The predicted octanol–water partition coefficient (Wildman–Crippen LogP) is 2.01. The monoisotopic (exact) mass is 298 g/mol. The Balaban J connectivity index is 1.66. The van der Waals surface area contributed by atoms with Gasteiger partial charge in [0.05, 0.1) is 0 Å². The number of nitrogens with one attached hydrogen (secondary N) is 2. The van der Waals surface area contributed by atoms with Gasteiger partial charge in [-0.05, 0) is 31.3 Å². The van der Waals surface area contributed by atoms with Gasteiger partial charge in [0.1, 0.15) is 18.0 Å². The number of anilines is 4. The first kappa shape index (κ1) is 14.6. The molecule has 2 heterocycles. The van der Waals surface area contributed by atoms with Crippen molar-refractivity contribution in [1.29, 1.82) is 0 Å². The minimum absolute atomic E-state index is 0.784. The fourth-order valence-electron chi connectivity index (χ4n) is 2.53. The summed E-state index contributed by atoms with van der Waals surface area (Å²) < 4.78 is 0. The molecule has 1 aromatic carbocycles. The van der Waals surface area contributed by atoms with Crippen LogP contribution in [0, 0.1) is 0 Å². The molecule has 116 valence electrons. The van der Waals surface area contributed by atoms with Crippen LogP contribution in [0.15, 0.2) is 36.7 Å². The van der Waals surface area contributed by atoms with Gasteiger partial charge >= 0.3 is 0 Å². The van der Waals surface area contributed by atoms with Crippen molar-refractivity contribution >= 4 is 23.0 Å². The second kappa shape index (κ2) is 6.62. The Bertz CT molecular complexity index is 604. The number of benzene rings is 1. The lowest BCUT2D eigenvalue weighted by Crippen LogP contribution is -2.44. The molecule has 0 saturated carbocycles. The maximum absolute atomic E-state index is 4.23. The third-order valence-corrected chi connectivity index (χ3v) is 3.93. The average molecular weight is 298 g/mol. The molecule has 3 rings (SSSR count). The second-order valence-corrected chi connectivity index (χ2v) is 5.50. The van der Waals surface area contributed by atoms with Gasteiger partial charge in [0, 0.05) is 50.7 Å². The molecule has 1 aliphatic heterocycles. The van der Waals surface area contributed by atoms with E-state index in [4.69, 9.17) is 0 Å². The Morgan fingerprint density at radius 3 is 2.32 bits per heavy atom. The molecule has 2 N–H and O–H groups in total. The third-order valence-electron chi connectivity index (χ3n) is 3.93. The zero-order valence-corrected chi connectivity index (χ0v) is 13.1. The zero-order chi connectivity index (χ0) is 15.4. The van der Waals surface area contributed by atoms with Crippen molar-refractivity contribution in [1.82, 2.24) is 14.9 Å². The molecule has 0 atom stereocenters. The normalized spacial score (nSPS) is 15.6. The van der Waals surface area contributed by atoms with Crippen molar-refractivity contribution < 1.29 is 0 Å². The summed E-state index contributed by atoms with van der Waals surface area (Å²) in [5.41, 5.74) is 2.30. The Morgan fingerprint density at radius 2 is 1.64 bits per heavy atom. The van der Waals surface area contributed by atoms with Crippen LogP contribution in [0.25, 0.3) is 0 Å². The highest BCUT2D eigenvalue weighted by molar-refractivity contribution is 5.62. The fraction of sp³-hybridized carbons (Fsp3) is 0.375. The van der Waals surface area contributed by atoms with E-state index in [1.165, 1.54) is 5.69 Å². The van der Waals surface area contributed by atoms with Crippen molar-refractivity contribution in [3.8, 4) is 0 Å². The average Bonchev–Trinajstić information content (AvgIpc) is 2.57. The summed E-state index contributed by atoms with van der Waals surface area (Å²) in [4.78, 5) is 13.1. The first-order valence-corrected chi connectivity index (χ1v) is 7.55. The van der Waals surface area contributed by atoms with Gasteiger partial charge < -0.3 is 20.4 Å². The smallest absolute Gasteiger partial charge is 0.135 e. The maximum Gasteiger partial charge on any atom is 0.135 e. The summed E-state index contributed by atoms with van der Waals surface area (Å²) >= 11 is 0. The predicted molar refractivity (Wildman–Crippen MR) is 91.0 cm³/mol. The molecule has 0 unspecified atom stereocenters. The van der Waals surface area contributed by atoms with Crippen LogP contribution in [-0.2, 0) is 0 Å². The topological polar surface area (TPSA) is 56.3 Å². The highest BCUT2D eigenvalue weighted by Crippen LogP contribution is 2.21. The summed E-state index contributed by atoms with van der Waals surface area (Å²) in [7, 11) is 4.02. The van der Waals surface area contributed by atoms with Crippen LogP contribution >= 0.6 is 0 Å². The van der Waals surface area contributed by atoms with E-state index >= 15 is 0 Å². The van der Waals surface area contributed by atoms with Crippen LogP contribution in [-0.4, -0.2) is 55.1 Å². The Morgan fingerprint density at radius 1 is 0.955 bits per heavy atom. The number of nitrogens with zero attached hydrogens (tertiary/aromatic N) is 4. The molecule has 0 amide bonds. The number of rotatable bonds is 4. The van der Waals surface area contributed by atoms with E-state index in [1.54, 1.807) is 6.33 Å². The molecular formula is C16H22N6. The van der Waals surface area contributed by atoms with Crippen molar-refractivity contribution in [2.45, 2.75) is 0 Å². The van der Waals surface area contributed by atoms with Crippen molar-refractivity contribution in [3.63, 3.8) is 0 Å². The van der Waals surface area contributed by atoms with Crippen LogP contribution in [0.5, 0.6) is 0 Å². The standard InChI is InChI=1S/C16H22N6/c1-17-15-11-16(19-12-18-15)20-13-3-5-14(6-4-13)22-9-7-21(2)8-10-22/h3-6,11-12H,7-10H2,1-2H3,(H2,17,18,19,20). The van der Waals surface area contributed by atoms with Crippen LogP contribution in [0.3, 0.4) is 0 Å². The first-order chi connectivity index (χ1) is 10.7. The Labute approximate surface area is 131 Å². The summed E-state index contributed by atoms with van der Waals surface area (Å²) in [6.07, 6.45) is 1.55. The quantitative estimate of drug-likeness (QED) is 0.900. The molecule has 6 nitrogen and oxygen atoms in total. The van der Waals surface area contributed by atoms with Gasteiger partial charge in [0.15, 0.2) is 0 Å². The minimum atomic E-state index is 0.784. The number of hydrogen-bond acceptors (Lipinski definition) is 6. The summed E-state index contributed by atoms with van der Waals surface area (Å²) in [5.74, 6) is 1.58. The van der Waals surface area contributed by atoms with E-state index in [0.29, 0.717) is 0 Å². The molecular weight excluding hydrogens is 276 g/mol. The van der Waals surface area contributed by atoms with Gasteiger partial charge in [-0.3, -0.25) is 0 Å². The van der Waals surface area contributed by atoms with E-state index in [2.05, 4.69) is 61.7 Å². The molecule has 0 radical (unpaired) electrons. The number of likely N-dealkylation sites (N-methyl/N-ethyl adjacent to an activating group) is 1. The first-order valence-electron chi connectivity index (χ1n) is 7.55. The van der Waals surface area contributed by atoms with Crippen LogP contribution < -0.4 is 15.5 Å². The van der Waals surface area contributed by atoms with E-state index < -0.39 is 0 Å². The van der Waals surface area contributed by atoms with Crippen molar-refractivity contribution in [3.05, 3.63) is 36.7 Å². The number of piperazine rings is 1. The molecule has 1 saturated heterocycles. The second-order valence-electron chi connectivity index (χ2n) is 5.50. The highest BCUT2D eigenvalue weighted by Gasteiger charge is 2.13. The lowest BCUT2D eigenvalue weighted by atomic mass is 10.2. The molecule has 0 bridgehead atoms. The van der Waals surface area contributed by atoms with Gasteiger partial charge in [-0.25, -0.2) is 9.97 Å². The fourth-order valence-corrected chi connectivity index (χ4v) is 2.53. The van der Waals surface area contributed by atoms with Gasteiger partial charge in [-0.1, -0.05) is 0 Å². The summed E-state index contributed by atoms with van der Waals surface area (Å²) in [6, 6.07) is 10.4. The van der Waals surface area contributed by atoms with Gasteiger partial charge in [0.25, 0.3) is 0 Å². The van der Waals surface area contributed by atoms with Crippen LogP contribution in [0.2, 0.25) is 0 Å². The third kappa shape index (κ3) is 3.46. The SMILES string of the molecule is CNc1cc(Nc2ccc(N3CCN(C)CC3)cc2)ncn1. The Kier molecular flexibility index (Phi) is 4.39. The molecule has 1 fully saturated rings. The van der Waals surface area contributed by atoms with Gasteiger partial charge in [-0.2, -0.15) is 0 Å². The van der Waals surface area contributed by atoms with Crippen LogP contribution in [0.1, 0.15) is 0 Å². The number of hydrogen-bond donors (Lipinski definition) is 2. The number of aromatic nitrogens is 2. The van der Waals surface area contributed by atoms with Gasteiger partial charge in [0.2, 0.25) is 0 Å². The lowest BCUT2D eigenvalue weighted by Gasteiger charge is -2.34.